The Morgan fingerprint density at radius 1 is 0.684 bits per heavy atom. The Morgan fingerprint density at radius 3 is 1.67 bits per heavy atom. The third kappa shape index (κ3) is 23.2. The summed E-state index contributed by atoms with van der Waals surface area (Å²) in [7, 11) is 0. The fourth-order valence-electron chi connectivity index (χ4n) is 7.76. The first-order chi connectivity index (χ1) is 37.2. The van der Waals surface area contributed by atoms with Gasteiger partial charge < -0.3 is 90.4 Å². The van der Waals surface area contributed by atoms with Crippen LogP contribution in [-0.2, 0) is 63.9 Å². The van der Waals surface area contributed by atoms with Crippen molar-refractivity contribution in [2.45, 2.75) is 166 Å². The summed E-state index contributed by atoms with van der Waals surface area (Å²) in [6.45, 7) is 8.55. The van der Waals surface area contributed by atoms with Crippen LogP contribution in [0.5, 0.6) is 0 Å². The number of nitrogens with one attached hydrogen (secondary N) is 10. The van der Waals surface area contributed by atoms with Crippen LogP contribution >= 0.6 is 0 Å². The van der Waals surface area contributed by atoms with Crippen LogP contribution in [0.2, 0.25) is 0 Å². The minimum atomic E-state index is -1.87. The van der Waals surface area contributed by atoms with Gasteiger partial charge in [0.05, 0.1) is 30.7 Å². The van der Waals surface area contributed by atoms with Crippen LogP contribution in [0.3, 0.4) is 0 Å². The lowest BCUT2D eigenvalue weighted by Gasteiger charge is -2.28. The fraction of sp³-hybridized carbons (Fsp3) is 0.667. The molecular formula is C51H85N13O15. The average molecular weight is 1120 g/mol. The number of aliphatic hydroxyl groups excluding tert-OH is 3. The van der Waals surface area contributed by atoms with Crippen molar-refractivity contribution < 1.29 is 72.8 Å². The molecule has 0 aromatic heterocycles. The standard InChI is InChI=1S/C51H85N13O15/c1-8-51(6,7)50(78)79-23-18-38(68)63-40(29(5)67)49(77)62-37(26-65)47(75)59-34-17-22-55-48(76)39(28(4)66)64-44(72)33(16-21-54)57-41(69)31(14-19-52)58-45(73)35(24-27(2)3)60-46(74)36(25-30-12-10-9-11-13-30)61-42(70)32(15-20-53)56-43(34)71/h9-13,27-29,31-37,39-40,65-67H,8,14-26,52-54H2,1-7H3,(H,55,76)(H,56,71)(H,57,69)(H,58,73)(H,59,75)(H,60,74)(H,61,70)(H,62,77)(H,63,68)(H,64,72)/t28-,29+,31+,32+,33+,34+,35+,36-,37-,39+,40+/m1/s1. The third-order valence-electron chi connectivity index (χ3n) is 12.8. The Hall–Kier alpha value is -6.85. The largest absolute Gasteiger partial charge is 0.465 e. The topological polar surface area (TPSA) is 456 Å². The maximum Gasteiger partial charge on any atom is 0.311 e. The molecule has 0 radical (unpaired) electrons. The molecule has 1 aromatic carbocycles. The van der Waals surface area contributed by atoms with E-state index in [2.05, 4.69) is 53.2 Å². The Bertz CT molecular complexity index is 2220. The highest BCUT2D eigenvalue weighted by molar-refractivity contribution is 5.99. The van der Waals surface area contributed by atoms with E-state index in [1.54, 1.807) is 65.0 Å². The number of rotatable bonds is 23. The molecule has 0 bridgehead atoms. The summed E-state index contributed by atoms with van der Waals surface area (Å²) in [6, 6.07) is -5.54. The number of esters is 1. The van der Waals surface area contributed by atoms with Crippen LogP contribution in [0.15, 0.2) is 30.3 Å². The zero-order valence-electron chi connectivity index (χ0n) is 46.2. The van der Waals surface area contributed by atoms with Gasteiger partial charge in [0.25, 0.3) is 0 Å². The molecule has 28 nitrogen and oxygen atoms in total. The van der Waals surface area contributed by atoms with Crippen molar-refractivity contribution in [1.82, 2.24) is 53.2 Å². The quantitative estimate of drug-likeness (QED) is 0.0454. The molecule has 2 rings (SSSR count). The van der Waals surface area contributed by atoms with Gasteiger partial charge in [0.1, 0.15) is 61.0 Å². The highest BCUT2D eigenvalue weighted by Crippen LogP contribution is 2.21. The molecule has 1 fully saturated rings. The van der Waals surface area contributed by atoms with Crippen molar-refractivity contribution in [3.05, 3.63) is 35.9 Å². The van der Waals surface area contributed by atoms with Crippen molar-refractivity contribution in [3.8, 4) is 0 Å². The summed E-state index contributed by atoms with van der Waals surface area (Å²) in [4.78, 5) is 151. The summed E-state index contributed by atoms with van der Waals surface area (Å²) in [5, 5.41) is 56.2. The van der Waals surface area contributed by atoms with Gasteiger partial charge >= 0.3 is 5.97 Å². The Balaban J connectivity index is 2.65. The van der Waals surface area contributed by atoms with Crippen LogP contribution in [-0.4, -0.2) is 186 Å². The zero-order chi connectivity index (χ0) is 59.6. The maximum absolute atomic E-state index is 14.3. The zero-order valence-corrected chi connectivity index (χ0v) is 46.2. The van der Waals surface area contributed by atoms with Crippen LogP contribution in [0.1, 0.15) is 99.0 Å². The van der Waals surface area contributed by atoms with Crippen LogP contribution in [0.25, 0.3) is 0 Å². The lowest BCUT2D eigenvalue weighted by atomic mass is 9.91. The highest BCUT2D eigenvalue weighted by Gasteiger charge is 2.37. The summed E-state index contributed by atoms with van der Waals surface area (Å²) in [5.74, 6) is -10.5. The normalized spacial score (nSPS) is 23.1. The van der Waals surface area contributed by atoms with E-state index in [0.717, 1.165) is 6.92 Å². The average Bonchev–Trinajstić information content (AvgIpc) is 3.39. The molecule has 28 heteroatoms. The van der Waals surface area contributed by atoms with E-state index in [1.807, 2.05) is 0 Å². The Kier molecular flexibility index (Phi) is 29.6. The van der Waals surface area contributed by atoms with Gasteiger partial charge in [-0.2, -0.15) is 0 Å². The molecule has 1 heterocycles. The maximum atomic E-state index is 14.3. The second-order valence-corrected chi connectivity index (χ2v) is 20.4. The highest BCUT2D eigenvalue weighted by atomic mass is 16.5. The molecule has 79 heavy (non-hydrogen) atoms. The molecule has 0 unspecified atom stereocenters. The number of amides is 10. The summed E-state index contributed by atoms with van der Waals surface area (Å²) in [5.41, 5.74) is 17.3. The molecule has 0 aliphatic carbocycles. The number of nitrogens with two attached hydrogens (primary N) is 3. The van der Waals surface area contributed by atoms with Gasteiger partial charge in [-0.3, -0.25) is 52.7 Å². The molecular weight excluding hydrogens is 1030 g/mol. The van der Waals surface area contributed by atoms with Crippen LogP contribution < -0.4 is 70.4 Å². The van der Waals surface area contributed by atoms with Crippen LogP contribution in [0, 0.1) is 11.3 Å². The van der Waals surface area contributed by atoms with Crippen molar-refractivity contribution in [2.24, 2.45) is 28.5 Å². The van der Waals surface area contributed by atoms with Gasteiger partial charge in [-0.05, 0) is 97.3 Å². The molecule has 11 atom stereocenters. The van der Waals surface area contributed by atoms with Gasteiger partial charge in [0.15, 0.2) is 0 Å². The van der Waals surface area contributed by atoms with Crippen molar-refractivity contribution in [1.29, 1.82) is 0 Å². The number of ether oxygens (including phenoxy) is 1. The summed E-state index contributed by atoms with van der Waals surface area (Å²) in [6.07, 6.45) is -4.27. The van der Waals surface area contributed by atoms with E-state index in [-0.39, 0.29) is 64.3 Å². The van der Waals surface area contributed by atoms with E-state index in [4.69, 9.17) is 21.9 Å². The molecule has 0 spiro atoms. The molecule has 1 saturated heterocycles. The number of hydrogen-bond acceptors (Lipinski definition) is 18. The number of aliphatic hydroxyl groups is 3. The minimum absolute atomic E-state index is 0.0387. The Labute approximate surface area is 460 Å². The van der Waals surface area contributed by atoms with Gasteiger partial charge in [-0.25, -0.2) is 0 Å². The summed E-state index contributed by atoms with van der Waals surface area (Å²) >= 11 is 0. The molecule has 19 N–H and O–H groups in total. The lowest BCUT2D eigenvalue weighted by molar-refractivity contribution is -0.154. The number of carbonyl (C=O) groups excluding carboxylic acids is 11. The van der Waals surface area contributed by atoms with Crippen LogP contribution in [0.4, 0.5) is 0 Å². The van der Waals surface area contributed by atoms with Crippen molar-refractivity contribution >= 4 is 65.0 Å². The smallest absolute Gasteiger partial charge is 0.311 e. The molecule has 1 aromatic rings. The third-order valence-corrected chi connectivity index (χ3v) is 12.8. The van der Waals surface area contributed by atoms with Crippen molar-refractivity contribution in [3.63, 3.8) is 0 Å². The SMILES string of the molecule is CCC(C)(C)C(=O)OCCC(=O)N[C@H](C(=O)N[C@H](CO)C(=O)N[C@H]1CCNC(=O)[C@H]([C@@H](C)O)NC(=O)[C@H](CCN)NC(=O)[C@H](CCN)NC(=O)[C@H](CC(C)C)NC(=O)[C@@H](Cc2ccccc2)NC(=O)[C@H](CCN)NC1=O)[C@H](C)O. The van der Waals surface area contributed by atoms with E-state index >= 15 is 0 Å². The monoisotopic (exact) mass is 1120 g/mol. The van der Waals surface area contributed by atoms with E-state index in [1.165, 1.54) is 6.92 Å². The predicted octanol–water partition coefficient (Wildman–Crippen LogP) is -5.67. The minimum Gasteiger partial charge on any atom is -0.465 e. The molecule has 1 aliphatic heterocycles. The lowest BCUT2D eigenvalue weighted by Crippen LogP contribution is -2.61. The first-order valence-corrected chi connectivity index (χ1v) is 26.5. The Morgan fingerprint density at radius 2 is 1.18 bits per heavy atom. The molecule has 10 amide bonds. The first kappa shape index (κ1) is 68.3. The van der Waals surface area contributed by atoms with Gasteiger partial charge in [-0.15, -0.1) is 0 Å². The first-order valence-electron chi connectivity index (χ1n) is 26.5. The molecule has 444 valence electrons. The molecule has 1 aliphatic rings. The summed E-state index contributed by atoms with van der Waals surface area (Å²) < 4.78 is 5.18. The van der Waals surface area contributed by atoms with Gasteiger partial charge in [-0.1, -0.05) is 51.1 Å². The predicted molar refractivity (Wildman–Crippen MR) is 286 cm³/mol. The van der Waals surface area contributed by atoms with Crippen molar-refractivity contribution in [2.75, 3.05) is 39.4 Å². The van der Waals surface area contributed by atoms with Gasteiger partial charge in [0.2, 0.25) is 59.1 Å². The molecule has 0 saturated carbocycles. The number of hydrogen-bond donors (Lipinski definition) is 16. The number of carbonyl (C=O) groups is 11. The fourth-order valence-corrected chi connectivity index (χ4v) is 7.76. The van der Waals surface area contributed by atoms with Gasteiger partial charge in [0, 0.05) is 13.0 Å². The number of benzene rings is 1. The van der Waals surface area contributed by atoms with E-state index < -0.39 is 163 Å². The second kappa shape index (κ2) is 34.2. The second-order valence-electron chi connectivity index (χ2n) is 20.4. The van der Waals surface area contributed by atoms with E-state index in [0.29, 0.717) is 12.0 Å². The van der Waals surface area contributed by atoms with E-state index in [9.17, 15) is 68.1 Å².